The third-order valence-electron chi connectivity index (χ3n) is 5.65. The maximum Gasteiger partial charge on any atom is 0.317 e. The molecule has 162 valence electrons. The van der Waals surface area contributed by atoms with Gasteiger partial charge in [-0.15, -0.1) is 0 Å². The molecule has 2 aromatic carbocycles. The minimum Gasteiger partial charge on any atom is -0.490 e. The van der Waals surface area contributed by atoms with Gasteiger partial charge in [0.2, 0.25) is 5.72 Å². The van der Waals surface area contributed by atoms with Crippen molar-refractivity contribution in [1.82, 2.24) is 5.32 Å². The summed E-state index contributed by atoms with van der Waals surface area (Å²) in [5, 5.41) is 3.85. The second-order valence-electron chi connectivity index (χ2n) is 7.76. The maximum atomic E-state index is 13.3. The van der Waals surface area contributed by atoms with Crippen LogP contribution >= 0.6 is 12.2 Å². The first-order valence-corrected chi connectivity index (χ1v) is 10.7. The number of fused-ring (bicyclic) bond motifs is 4. The van der Waals surface area contributed by atoms with Gasteiger partial charge in [0.1, 0.15) is 12.5 Å². The highest BCUT2D eigenvalue weighted by atomic mass is 32.1. The molecule has 0 amide bonds. The van der Waals surface area contributed by atoms with Crippen LogP contribution in [0.15, 0.2) is 55.1 Å². The summed E-state index contributed by atoms with van der Waals surface area (Å²) in [6.07, 6.45) is 1.55. The quantitative estimate of drug-likeness (QED) is 0.410. The summed E-state index contributed by atoms with van der Waals surface area (Å²) in [5.41, 5.74) is 1.59. The van der Waals surface area contributed by atoms with Gasteiger partial charge in [-0.05, 0) is 56.8 Å². The number of hydrogen-bond acceptors (Lipinski definition) is 5. The van der Waals surface area contributed by atoms with Crippen molar-refractivity contribution in [3.05, 3.63) is 66.2 Å². The summed E-state index contributed by atoms with van der Waals surface area (Å²) in [6.45, 7) is 10.1. The fourth-order valence-corrected chi connectivity index (χ4v) is 4.80. The van der Waals surface area contributed by atoms with Crippen LogP contribution in [0.25, 0.3) is 0 Å². The van der Waals surface area contributed by atoms with Crippen molar-refractivity contribution in [3.63, 3.8) is 0 Å². The molecule has 3 atom stereocenters. The van der Waals surface area contributed by atoms with Gasteiger partial charge in [-0.1, -0.05) is 36.9 Å². The van der Waals surface area contributed by atoms with Crippen LogP contribution in [-0.2, 0) is 9.53 Å². The molecule has 0 aliphatic carbocycles. The van der Waals surface area contributed by atoms with Gasteiger partial charge in [0.05, 0.1) is 12.6 Å². The zero-order chi connectivity index (χ0) is 22.2. The predicted molar refractivity (Wildman–Crippen MR) is 123 cm³/mol. The lowest BCUT2D eigenvalue weighted by molar-refractivity contribution is -0.159. The highest BCUT2D eigenvalue weighted by Crippen LogP contribution is 2.52. The number of para-hydroxylation sites is 1. The van der Waals surface area contributed by atoms with Crippen LogP contribution in [0.3, 0.4) is 0 Å². The topological polar surface area (TPSA) is 60.0 Å². The molecule has 2 aliphatic rings. The summed E-state index contributed by atoms with van der Waals surface area (Å²) in [4.78, 5) is 15.1. The normalized spacial score (nSPS) is 23.8. The van der Waals surface area contributed by atoms with E-state index in [1.54, 1.807) is 6.08 Å². The Labute approximate surface area is 187 Å². The standard InChI is InChI=1S/C24H26N2O4S/c1-5-13-29-22(27)19-20-17-11-8-12-18(28-6-2)21(17)30-24(19,4)26(23(31)25-20)16-10-7-9-15(3)14-16/h5,7-12,14,19-20H,1,6,13H2,2-4H3,(H,25,31). The molecule has 1 fully saturated rings. The van der Waals surface area contributed by atoms with Crippen molar-refractivity contribution < 1.29 is 19.0 Å². The van der Waals surface area contributed by atoms with Gasteiger partial charge in [-0.25, -0.2) is 0 Å². The number of carbonyl (C=O) groups is 1. The second-order valence-corrected chi connectivity index (χ2v) is 8.15. The predicted octanol–water partition coefficient (Wildman–Crippen LogP) is 4.28. The molecule has 2 heterocycles. The fourth-order valence-electron chi connectivity index (χ4n) is 4.39. The molecule has 0 radical (unpaired) electrons. The number of ether oxygens (including phenoxy) is 3. The van der Waals surface area contributed by atoms with Crippen LogP contribution in [0.2, 0.25) is 0 Å². The molecule has 0 spiro atoms. The lowest BCUT2D eigenvalue weighted by atomic mass is 9.79. The summed E-state index contributed by atoms with van der Waals surface area (Å²) in [7, 11) is 0. The Bertz CT molecular complexity index is 1040. The molecule has 0 saturated carbocycles. The molecular formula is C24H26N2O4S. The average Bonchev–Trinajstić information content (AvgIpc) is 2.72. The molecule has 6 nitrogen and oxygen atoms in total. The molecule has 0 aromatic heterocycles. The highest BCUT2D eigenvalue weighted by Gasteiger charge is 2.60. The largest absolute Gasteiger partial charge is 0.490 e. The van der Waals surface area contributed by atoms with Crippen molar-refractivity contribution in [2.75, 3.05) is 18.1 Å². The van der Waals surface area contributed by atoms with Gasteiger partial charge in [-0.2, -0.15) is 0 Å². The third kappa shape index (κ3) is 3.53. The third-order valence-corrected chi connectivity index (χ3v) is 5.95. The Morgan fingerprint density at radius 3 is 2.84 bits per heavy atom. The van der Waals surface area contributed by atoms with E-state index < -0.39 is 17.7 Å². The Balaban J connectivity index is 1.89. The molecule has 2 bridgehead atoms. The van der Waals surface area contributed by atoms with E-state index in [-0.39, 0.29) is 12.6 Å². The first kappa shape index (κ1) is 21.2. The molecule has 1 saturated heterocycles. The van der Waals surface area contributed by atoms with Gasteiger partial charge in [0.15, 0.2) is 16.6 Å². The Morgan fingerprint density at radius 1 is 1.35 bits per heavy atom. The zero-order valence-corrected chi connectivity index (χ0v) is 18.7. The van der Waals surface area contributed by atoms with E-state index >= 15 is 0 Å². The van der Waals surface area contributed by atoms with Crippen LogP contribution in [0.1, 0.15) is 31.0 Å². The van der Waals surface area contributed by atoms with Gasteiger partial charge < -0.3 is 19.5 Å². The van der Waals surface area contributed by atoms with Crippen molar-refractivity contribution >= 4 is 29.0 Å². The van der Waals surface area contributed by atoms with Crippen molar-refractivity contribution in [2.24, 2.45) is 5.92 Å². The van der Waals surface area contributed by atoms with Gasteiger partial charge in [0, 0.05) is 11.3 Å². The molecule has 2 aromatic rings. The molecule has 1 N–H and O–H groups in total. The van der Waals surface area contributed by atoms with Crippen molar-refractivity contribution in [3.8, 4) is 11.5 Å². The van der Waals surface area contributed by atoms with Crippen LogP contribution in [0.4, 0.5) is 5.69 Å². The molecule has 3 unspecified atom stereocenters. The van der Waals surface area contributed by atoms with Gasteiger partial charge >= 0.3 is 5.97 Å². The highest BCUT2D eigenvalue weighted by molar-refractivity contribution is 7.80. The van der Waals surface area contributed by atoms with E-state index in [2.05, 4.69) is 11.9 Å². The number of esters is 1. The zero-order valence-electron chi connectivity index (χ0n) is 17.9. The van der Waals surface area contributed by atoms with Crippen LogP contribution in [0, 0.1) is 12.8 Å². The van der Waals surface area contributed by atoms with Crippen LogP contribution in [0.5, 0.6) is 11.5 Å². The Morgan fingerprint density at radius 2 is 2.13 bits per heavy atom. The first-order valence-electron chi connectivity index (χ1n) is 10.3. The molecule has 7 heteroatoms. The smallest absolute Gasteiger partial charge is 0.317 e. The number of aryl methyl sites for hydroxylation is 1. The summed E-state index contributed by atoms with van der Waals surface area (Å²) in [5.74, 6) is 0.182. The van der Waals surface area contributed by atoms with Crippen LogP contribution < -0.4 is 19.7 Å². The van der Waals surface area contributed by atoms with Gasteiger partial charge in [-0.3, -0.25) is 9.69 Å². The van der Waals surface area contributed by atoms with Crippen molar-refractivity contribution in [2.45, 2.75) is 32.5 Å². The van der Waals surface area contributed by atoms with E-state index in [0.29, 0.717) is 23.2 Å². The van der Waals surface area contributed by atoms with Crippen LogP contribution in [-0.4, -0.2) is 30.0 Å². The molecule has 4 rings (SSSR count). The number of carbonyl (C=O) groups excluding carboxylic acids is 1. The average molecular weight is 439 g/mol. The SMILES string of the molecule is C=CCOC(=O)C1C2NC(=S)N(c3cccc(C)c3)C1(C)Oc1c(OCC)cccc12. The molecule has 31 heavy (non-hydrogen) atoms. The first-order chi connectivity index (χ1) is 14.9. The fraction of sp³-hybridized carbons (Fsp3) is 0.333. The molecular weight excluding hydrogens is 412 g/mol. The molecule has 2 aliphatic heterocycles. The van der Waals surface area contributed by atoms with E-state index in [1.165, 1.54) is 0 Å². The van der Waals surface area contributed by atoms with Crippen molar-refractivity contribution in [1.29, 1.82) is 0 Å². The number of thiocarbonyl (C=S) groups is 1. The van der Waals surface area contributed by atoms with Gasteiger partial charge in [0.25, 0.3) is 0 Å². The number of benzene rings is 2. The lowest BCUT2D eigenvalue weighted by Gasteiger charge is -2.55. The Hall–Kier alpha value is -3.06. The summed E-state index contributed by atoms with van der Waals surface area (Å²) < 4.78 is 17.9. The summed E-state index contributed by atoms with van der Waals surface area (Å²) in [6, 6.07) is 13.2. The number of rotatable bonds is 6. The minimum atomic E-state index is -1.13. The number of nitrogens with zero attached hydrogens (tertiary/aromatic N) is 1. The maximum absolute atomic E-state index is 13.3. The second kappa shape index (κ2) is 8.23. The lowest BCUT2D eigenvalue weighted by Crippen LogP contribution is -2.71. The Kier molecular flexibility index (Phi) is 5.62. The van der Waals surface area contributed by atoms with E-state index in [1.807, 2.05) is 68.1 Å². The van der Waals surface area contributed by atoms with E-state index in [9.17, 15) is 4.79 Å². The number of hydrogen-bond donors (Lipinski definition) is 1. The van der Waals surface area contributed by atoms with E-state index in [0.717, 1.165) is 16.8 Å². The monoisotopic (exact) mass is 438 g/mol. The van der Waals surface area contributed by atoms with E-state index in [4.69, 9.17) is 26.4 Å². The number of anilines is 1. The minimum absolute atomic E-state index is 0.124. The summed E-state index contributed by atoms with van der Waals surface area (Å²) >= 11 is 5.75. The number of nitrogens with one attached hydrogen (secondary N) is 1.